The number of carbonyl (C=O) groups excluding carboxylic acids is 2. The summed E-state index contributed by atoms with van der Waals surface area (Å²) in [5.41, 5.74) is 4.28. The van der Waals surface area contributed by atoms with Gasteiger partial charge < -0.3 is 10.2 Å². The first-order valence-electron chi connectivity index (χ1n) is 8.63. The molecule has 0 aromatic heterocycles. The highest BCUT2D eigenvalue weighted by atomic mass is 35.5. The Hall–Kier alpha value is -2.40. The Balaban J connectivity index is 2.45. The molecule has 0 heterocycles. The molecular weight excluding hydrogens is 350 g/mol. The third kappa shape index (κ3) is 4.22. The first-order valence-corrected chi connectivity index (χ1v) is 9.01. The minimum Gasteiger partial charge on any atom is -0.372 e. The van der Waals surface area contributed by atoms with Crippen LogP contribution in [0.25, 0.3) is 0 Å². The van der Waals surface area contributed by atoms with Gasteiger partial charge in [0.2, 0.25) is 11.7 Å². The van der Waals surface area contributed by atoms with E-state index in [1.165, 1.54) is 6.92 Å². The van der Waals surface area contributed by atoms with Crippen LogP contribution < -0.4 is 10.2 Å². The predicted octanol–water partition coefficient (Wildman–Crippen LogP) is 4.03. The fourth-order valence-electron chi connectivity index (χ4n) is 2.79. The lowest BCUT2D eigenvalue weighted by atomic mass is 10.0. The monoisotopic (exact) mass is 373 g/mol. The summed E-state index contributed by atoms with van der Waals surface area (Å²) >= 11 is 6.15. The molecule has 1 amide bonds. The molecule has 1 aromatic carbocycles. The number of carbonyl (C=O) groups is 2. The SMILES string of the molecule is CCN(CC)c1ccc(/N=C2\C=C(NC(C)=O)C(=O)C(Cl)=C2C)c(C)c1. The zero-order chi connectivity index (χ0) is 19.4. The highest BCUT2D eigenvalue weighted by Crippen LogP contribution is 2.28. The molecule has 138 valence electrons. The van der Waals surface area contributed by atoms with Crippen molar-refractivity contribution in [1.29, 1.82) is 0 Å². The fraction of sp³-hybridized carbons (Fsp3) is 0.350. The normalized spacial score (nSPS) is 16.0. The summed E-state index contributed by atoms with van der Waals surface area (Å²) in [5, 5.41) is 2.59. The Kier molecular flexibility index (Phi) is 6.37. The molecule has 0 radical (unpaired) electrons. The summed E-state index contributed by atoms with van der Waals surface area (Å²) in [6.07, 6.45) is 1.57. The van der Waals surface area contributed by atoms with E-state index in [0.717, 1.165) is 30.0 Å². The van der Waals surface area contributed by atoms with Crippen LogP contribution in [0.2, 0.25) is 0 Å². The summed E-state index contributed by atoms with van der Waals surface area (Å²) in [6.45, 7) is 11.2. The number of allylic oxidation sites excluding steroid dienone is 3. The summed E-state index contributed by atoms with van der Waals surface area (Å²) in [5.74, 6) is -0.723. The van der Waals surface area contributed by atoms with Gasteiger partial charge in [-0.1, -0.05) is 11.6 Å². The number of ketones is 1. The van der Waals surface area contributed by atoms with E-state index in [4.69, 9.17) is 11.6 Å². The Bertz CT molecular complexity index is 833. The number of amides is 1. The van der Waals surface area contributed by atoms with E-state index in [0.29, 0.717) is 11.3 Å². The fourth-order valence-corrected chi connectivity index (χ4v) is 2.99. The molecular formula is C20H24ClN3O2. The first-order chi connectivity index (χ1) is 12.3. The van der Waals surface area contributed by atoms with Gasteiger partial charge in [-0.15, -0.1) is 0 Å². The van der Waals surface area contributed by atoms with Gasteiger partial charge in [-0.2, -0.15) is 0 Å². The molecule has 2 rings (SSSR count). The molecule has 26 heavy (non-hydrogen) atoms. The van der Waals surface area contributed by atoms with Gasteiger partial charge in [0, 0.05) is 25.7 Å². The number of hydrogen-bond donors (Lipinski definition) is 1. The molecule has 0 saturated carbocycles. The Morgan fingerprint density at radius 1 is 1.23 bits per heavy atom. The summed E-state index contributed by atoms with van der Waals surface area (Å²) in [7, 11) is 0. The molecule has 6 heteroatoms. The van der Waals surface area contributed by atoms with Gasteiger partial charge in [0.05, 0.1) is 22.1 Å². The highest BCUT2D eigenvalue weighted by Gasteiger charge is 2.24. The highest BCUT2D eigenvalue weighted by molar-refractivity contribution is 6.49. The molecule has 0 atom stereocenters. The second-order valence-corrected chi connectivity index (χ2v) is 6.53. The molecule has 0 saturated heterocycles. The maximum absolute atomic E-state index is 12.2. The second-order valence-electron chi connectivity index (χ2n) is 6.15. The van der Waals surface area contributed by atoms with E-state index in [1.54, 1.807) is 13.0 Å². The molecule has 0 bridgehead atoms. The van der Waals surface area contributed by atoms with Crippen LogP contribution in [0.15, 0.2) is 45.6 Å². The van der Waals surface area contributed by atoms with Crippen LogP contribution in [0.4, 0.5) is 11.4 Å². The van der Waals surface area contributed by atoms with Crippen molar-refractivity contribution >= 4 is 40.4 Å². The smallest absolute Gasteiger partial charge is 0.221 e. The number of Topliss-reactive ketones (excluding diaryl/α,β-unsaturated/α-hetero) is 1. The van der Waals surface area contributed by atoms with Gasteiger partial charge in [-0.25, -0.2) is 4.99 Å². The van der Waals surface area contributed by atoms with E-state index >= 15 is 0 Å². The third-order valence-corrected chi connectivity index (χ3v) is 4.75. The molecule has 1 aromatic rings. The maximum Gasteiger partial charge on any atom is 0.221 e. The largest absolute Gasteiger partial charge is 0.372 e. The van der Waals surface area contributed by atoms with Crippen LogP contribution in [0, 0.1) is 6.92 Å². The average molecular weight is 374 g/mol. The molecule has 0 unspecified atom stereocenters. The van der Waals surface area contributed by atoms with E-state index in [9.17, 15) is 9.59 Å². The van der Waals surface area contributed by atoms with E-state index in [-0.39, 0.29) is 16.6 Å². The Labute approximate surface area is 159 Å². The van der Waals surface area contributed by atoms with Crippen molar-refractivity contribution in [1.82, 2.24) is 5.32 Å². The summed E-state index contributed by atoms with van der Waals surface area (Å²) in [6, 6.07) is 6.09. The summed E-state index contributed by atoms with van der Waals surface area (Å²) in [4.78, 5) is 30.4. The number of rotatable bonds is 5. The maximum atomic E-state index is 12.2. The van der Waals surface area contributed by atoms with Crippen LogP contribution in [-0.4, -0.2) is 30.5 Å². The molecule has 0 aliphatic heterocycles. The predicted molar refractivity (Wildman–Crippen MR) is 107 cm³/mol. The van der Waals surface area contributed by atoms with Crippen molar-refractivity contribution in [3.8, 4) is 0 Å². The van der Waals surface area contributed by atoms with Crippen LogP contribution >= 0.6 is 11.6 Å². The minimum atomic E-state index is -0.396. The minimum absolute atomic E-state index is 0.0763. The van der Waals surface area contributed by atoms with Gasteiger partial charge in [0.15, 0.2) is 0 Å². The molecule has 1 aliphatic rings. The van der Waals surface area contributed by atoms with Crippen molar-refractivity contribution < 1.29 is 9.59 Å². The lowest BCUT2D eigenvalue weighted by Crippen LogP contribution is -2.29. The molecule has 0 fully saturated rings. The second kappa shape index (κ2) is 8.32. The molecule has 1 N–H and O–H groups in total. The van der Waals surface area contributed by atoms with Crippen LogP contribution in [0.3, 0.4) is 0 Å². The number of hydrogen-bond acceptors (Lipinski definition) is 4. The Morgan fingerprint density at radius 2 is 1.88 bits per heavy atom. The van der Waals surface area contributed by atoms with Gasteiger partial charge >= 0.3 is 0 Å². The van der Waals surface area contributed by atoms with Gasteiger partial charge in [0.1, 0.15) is 0 Å². The van der Waals surface area contributed by atoms with E-state index < -0.39 is 5.78 Å². The zero-order valence-corrected chi connectivity index (χ0v) is 16.6. The number of nitrogens with zero attached hydrogens (tertiary/aromatic N) is 2. The van der Waals surface area contributed by atoms with Crippen molar-refractivity contribution in [3.05, 3.63) is 46.1 Å². The lowest BCUT2D eigenvalue weighted by Gasteiger charge is -2.22. The number of aliphatic imine (C=N–C) groups is 1. The number of halogens is 1. The van der Waals surface area contributed by atoms with E-state index in [2.05, 4.69) is 35.1 Å². The molecule has 0 spiro atoms. The topological polar surface area (TPSA) is 61.8 Å². The van der Waals surface area contributed by atoms with Crippen molar-refractivity contribution in [2.24, 2.45) is 4.99 Å². The van der Waals surface area contributed by atoms with Gasteiger partial charge in [0.25, 0.3) is 0 Å². The van der Waals surface area contributed by atoms with Gasteiger partial charge in [-0.3, -0.25) is 9.59 Å². The van der Waals surface area contributed by atoms with Crippen molar-refractivity contribution in [2.75, 3.05) is 18.0 Å². The third-order valence-electron chi connectivity index (χ3n) is 4.30. The van der Waals surface area contributed by atoms with Gasteiger partial charge in [-0.05, 0) is 63.1 Å². The molecule has 1 aliphatic carbocycles. The summed E-state index contributed by atoms with van der Waals surface area (Å²) < 4.78 is 0. The Morgan fingerprint density at radius 3 is 2.42 bits per heavy atom. The molecule has 5 nitrogen and oxygen atoms in total. The number of nitrogens with one attached hydrogen (secondary N) is 1. The number of aryl methyl sites for hydroxylation is 1. The van der Waals surface area contributed by atoms with E-state index in [1.807, 2.05) is 19.1 Å². The van der Waals surface area contributed by atoms with Crippen LogP contribution in [0.5, 0.6) is 0 Å². The quantitative estimate of drug-likeness (QED) is 0.792. The first kappa shape index (κ1) is 19.9. The average Bonchev–Trinajstić information content (AvgIpc) is 2.60. The zero-order valence-electron chi connectivity index (χ0n) is 15.8. The van der Waals surface area contributed by atoms with Crippen molar-refractivity contribution in [3.63, 3.8) is 0 Å². The lowest BCUT2D eigenvalue weighted by molar-refractivity contribution is -0.120. The number of anilines is 1. The van der Waals surface area contributed by atoms with Crippen molar-refractivity contribution in [2.45, 2.75) is 34.6 Å². The van der Waals surface area contributed by atoms with Crippen LogP contribution in [0.1, 0.15) is 33.3 Å². The van der Waals surface area contributed by atoms with Crippen LogP contribution in [-0.2, 0) is 9.59 Å². The number of benzene rings is 1. The standard InChI is InChI=1S/C20H24ClN3O2/c1-6-24(7-2)15-8-9-16(12(3)10-15)23-17-11-18(22-14(5)25)20(26)19(21)13(17)4/h8-11H,6-7H2,1-5H3,(H,22,25)/b23-17+.